The molecule has 0 radical (unpaired) electrons. The van der Waals surface area contributed by atoms with E-state index in [1.165, 1.54) is 11.1 Å². The lowest BCUT2D eigenvalue weighted by molar-refractivity contribution is -0.132. The number of carbonyl (C=O) groups is 1. The summed E-state index contributed by atoms with van der Waals surface area (Å²) in [4.78, 5) is 27.2. The molecule has 5 nitrogen and oxygen atoms in total. The van der Waals surface area contributed by atoms with Gasteiger partial charge in [0.2, 0.25) is 5.91 Å². The summed E-state index contributed by atoms with van der Waals surface area (Å²) in [6.45, 7) is 1.91. The van der Waals surface area contributed by atoms with Crippen molar-refractivity contribution in [1.82, 2.24) is 4.90 Å². The number of hydrogen-bond acceptors (Lipinski definition) is 4. The summed E-state index contributed by atoms with van der Waals surface area (Å²) in [7, 11) is 3.43. The molecule has 1 amide bonds. The molecule has 0 saturated heterocycles. The normalized spacial score (nSPS) is 15.3. The first-order valence-electron chi connectivity index (χ1n) is 9.93. The van der Waals surface area contributed by atoms with Gasteiger partial charge in [0.15, 0.2) is 0 Å². The van der Waals surface area contributed by atoms with Crippen LogP contribution >= 0.6 is 0 Å². The van der Waals surface area contributed by atoms with Crippen LogP contribution in [-0.4, -0.2) is 25.0 Å². The molecule has 1 aromatic heterocycles. The van der Waals surface area contributed by atoms with Gasteiger partial charge in [-0.25, -0.2) is 4.79 Å². The van der Waals surface area contributed by atoms with E-state index in [0.29, 0.717) is 23.3 Å². The first-order valence-corrected chi connectivity index (χ1v) is 9.93. The molecule has 2 aromatic carbocycles. The van der Waals surface area contributed by atoms with Gasteiger partial charge in [-0.1, -0.05) is 24.3 Å². The molecule has 3 aromatic rings. The molecule has 1 aliphatic rings. The number of fused-ring (bicyclic) bond motifs is 2. The lowest BCUT2D eigenvalue weighted by Gasteiger charge is -2.25. The van der Waals surface area contributed by atoms with E-state index in [1.54, 1.807) is 13.2 Å². The Bertz CT molecular complexity index is 1130. The number of carbonyl (C=O) groups excluding carboxylic acids is 1. The van der Waals surface area contributed by atoms with E-state index in [2.05, 4.69) is 12.1 Å². The standard InChI is InChI=1S/C24H25NO4/c1-15-18-10-9-17(28-3)14-22(18)29-24(27)19(15)11-13-23(26)25(2)21-12-8-16-6-4-5-7-20(16)21/h4-7,9-10,14,21H,8,11-13H2,1-3H3. The maximum Gasteiger partial charge on any atom is 0.339 e. The smallest absolute Gasteiger partial charge is 0.339 e. The van der Waals surface area contributed by atoms with Gasteiger partial charge in [0.1, 0.15) is 11.3 Å². The minimum Gasteiger partial charge on any atom is -0.497 e. The van der Waals surface area contributed by atoms with E-state index in [-0.39, 0.29) is 24.0 Å². The predicted molar refractivity (Wildman–Crippen MR) is 112 cm³/mol. The topological polar surface area (TPSA) is 59.8 Å². The van der Waals surface area contributed by atoms with Crippen LogP contribution < -0.4 is 10.4 Å². The molecule has 4 rings (SSSR count). The third-order valence-corrected chi connectivity index (χ3v) is 6.05. The van der Waals surface area contributed by atoms with Crippen molar-refractivity contribution in [3.05, 3.63) is 75.1 Å². The van der Waals surface area contributed by atoms with Gasteiger partial charge in [-0.3, -0.25) is 4.79 Å². The minimum absolute atomic E-state index is 0.0420. The number of benzene rings is 2. The van der Waals surface area contributed by atoms with E-state index < -0.39 is 0 Å². The molecular formula is C24H25NO4. The molecule has 150 valence electrons. The average molecular weight is 391 g/mol. The largest absolute Gasteiger partial charge is 0.497 e. The van der Waals surface area contributed by atoms with Crippen LogP contribution in [0.1, 0.15) is 41.1 Å². The zero-order valence-corrected chi connectivity index (χ0v) is 17.0. The Balaban J connectivity index is 1.52. The highest BCUT2D eigenvalue weighted by atomic mass is 16.5. The predicted octanol–water partition coefficient (Wildman–Crippen LogP) is 4.19. The van der Waals surface area contributed by atoms with Gasteiger partial charge in [0, 0.05) is 30.5 Å². The van der Waals surface area contributed by atoms with Crippen LogP contribution in [0, 0.1) is 6.92 Å². The molecule has 0 spiro atoms. The van der Waals surface area contributed by atoms with Crippen LogP contribution in [0.4, 0.5) is 0 Å². The quantitative estimate of drug-likeness (QED) is 0.612. The molecule has 0 N–H and O–H groups in total. The SMILES string of the molecule is COc1ccc2c(C)c(CCC(=O)N(C)C3CCc4ccccc43)c(=O)oc2c1. The first-order chi connectivity index (χ1) is 14.0. The van der Waals surface area contributed by atoms with E-state index in [9.17, 15) is 9.59 Å². The maximum absolute atomic E-state index is 12.9. The number of aryl methyl sites for hydroxylation is 2. The monoisotopic (exact) mass is 391 g/mol. The highest BCUT2D eigenvalue weighted by Crippen LogP contribution is 2.35. The first kappa shape index (κ1) is 19.2. The Morgan fingerprint density at radius 1 is 1.24 bits per heavy atom. The summed E-state index contributed by atoms with van der Waals surface area (Å²) in [5.41, 5.74) is 4.10. The third kappa shape index (κ3) is 3.53. The van der Waals surface area contributed by atoms with Crippen LogP contribution in [0.2, 0.25) is 0 Å². The van der Waals surface area contributed by atoms with Crippen LogP contribution in [0.15, 0.2) is 51.7 Å². The lowest BCUT2D eigenvalue weighted by Crippen LogP contribution is -2.30. The number of rotatable bonds is 5. The lowest BCUT2D eigenvalue weighted by atomic mass is 10.0. The maximum atomic E-state index is 12.9. The number of methoxy groups -OCH3 is 1. The average Bonchev–Trinajstić information content (AvgIpc) is 3.16. The number of ether oxygens (including phenoxy) is 1. The summed E-state index contributed by atoms with van der Waals surface area (Å²) >= 11 is 0. The summed E-state index contributed by atoms with van der Waals surface area (Å²) in [5.74, 6) is 0.682. The molecule has 1 unspecified atom stereocenters. The molecule has 5 heteroatoms. The fraction of sp³-hybridized carbons (Fsp3) is 0.333. The molecule has 1 aliphatic carbocycles. The Morgan fingerprint density at radius 3 is 2.83 bits per heavy atom. The summed E-state index contributed by atoms with van der Waals surface area (Å²) in [6.07, 6.45) is 2.59. The van der Waals surface area contributed by atoms with Crippen molar-refractivity contribution < 1.29 is 13.9 Å². The van der Waals surface area contributed by atoms with E-state index in [1.807, 2.05) is 43.1 Å². The van der Waals surface area contributed by atoms with Crippen molar-refractivity contribution in [2.24, 2.45) is 0 Å². The van der Waals surface area contributed by atoms with Gasteiger partial charge >= 0.3 is 5.63 Å². The third-order valence-electron chi connectivity index (χ3n) is 6.05. The van der Waals surface area contributed by atoms with Crippen LogP contribution in [0.25, 0.3) is 11.0 Å². The van der Waals surface area contributed by atoms with Crippen LogP contribution in [0.5, 0.6) is 5.75 Å². The Morgan fingerprint density at radius 2 is 2.03 bits per heavy atom. The molecule has 1 atom stereocenters. The van der Waals surface area contributed by atoms with Crippen molar-refractivity contribution in [3.8, 4) is 5.75 Å². The molecule has 0 saturated carbocycles. The Labute approximate surface area is 169 Å². The molecule has 0 fully saturated rings. The Hall–Kier alpha value is -3.08. The fourth-order valence-electron chi connectivity index (χ4n) is 4.31. The molecule has 1 heterocycles. The van der Waals surface area contributed by atoms with Gasteiger partial charge in [-0.15, -0.1) is 0 Å². The number of nitrogens with zero attached hydrogens (tertiary/aromatic N) is 1. The number of amides is 1. The van der Waals surface area contributed by atoms with Crippen molar-refractivity contribution in [3.63, 3.8) is 0 Å². The second kappa shape index (κ2) is 7.74. The highest BCUT2D eigenvalue weighted by molar-refractivity contribution is 5.83. The van der Waals surface area contributed by atoms with E-state index >= 15 is 0 Å². The molecule has 29 heavy (non-hydrogen) atoms. The van der Waals surface area contributed by atoms with Crippen LogP contribution in [0.3, 0.4) is 0 Å². The van der Waals surface area contributed by atoms with Crippen molar-refractivity contribution in [1.29, 1.82) is 0 Å². The Kier molecular flexibility index (Phi) is 5.14. The van der Waals surface area contributed by atoms with E-state index in [4.69, 9.17) is 9.15 Å². The minimum atomic E-state index is -0.384. The molecular weight excluding hydrogens is 366 g/mol. The summed E-state index contributed by atoms with van der Waals surface area (Å²) in [5, 5.41) is 0.867. The van der Waals surface area contributed by atoms with Gasteiger partial charge in [-0.05, 0) is 55.0 Å². The van der Waals surface area contributed by atoms with Crippen LogP contribution in [-0.2, 0) is 17.6 Å². The highest BCUT2D eigenvalue weighted by Gasteiger charge is 2.28. The zero-order valence-electron chi connectivity index (χ0n) is 17.0. The van der Waals surface area contributed by atoms with E-state index in [0.717, 1.165) is 23.8 Å². The molecule has 0 bridgehead atoms. The van der Waals surface area contributed by atoms with Gasteiger partial charge in [-0.2, -0.15) is 0 Å². The zero-order chi connectivity index (χ0) is 20.5. The van der Waals surface area contributed by atoms with Crippen molar-refractivity contribution in [2.45, 2.75) is 38.6 Å². The summed E-state index contributed by atoms with van der Waals surface area (Å²) < 4.78 is 10.7. The molecule has 0 aliphatic heterocycles. The van der Waals surface area contributed by atoms with Gasteiger partial charge < -0.3 is 14.1 Å². The second-order valence-electron chi connectivity index (χ2n) is 7.61. The number of hydrogen-bond donors (Lipinski definition) is 0. The van der Waals surface area contributed by atoms with Gasteiger partial charge in [0.25, 0.3) is 0 Å². The second-order valence-corrected chi connectivity index (χ2v) is 7.61. The van der Waals surface area contributed by atoms with Crippen molar-refractivity contribution >= 4 is 16.9 Å². The summed E-state index contributed by atoms with van der Waals surface area (Å²) in [6, 6.07) is 13.9. The van der Waals surface area contributed by atoms with Gasteiger partial charge in [0.05, 0.1) is 13.2 Å². The fourth-order valence-corrected chi connectivity index (χ4v) is 4.31. The van der Waals surface area contributed by atoms with Crippen molar-refractivity contribution in [2.75, 3.05) is 14.2 Å².